The van der Waals surface area contributed by atoms with E-state index >= 15 is 0 Å². The van der Waals surface area contributed by atoms with Crippen LogP contribution in [0, 0.1) is 5.92 Å². The normalized spacial score (nSPS) is 16.3. The third kappa shape index (κ3) is 5.01. The summed E-state index contributed by atoms with van der Waals surface area (Å²) in [6.07, 6.45) is -1.46. The van der Waals surface area contributed by atoms with E-state index in [-0.39, 0.29) is 12.4 Å². The number of amides is 2. The number of hydrazine groups is 1. The summed E-state index contributed by atoms with van der Waals surface area (Å²) in [6, 6.07) is 7.27. The van der Waals surface area contributed by atoms with Gasteiger partial charge in [-0.25, -0.2) is 14.8 Å². The molecular weight excluding hydrogens is 411 g/mol. The van der Waals surface area contributed by atoms with Crippen molar-refractivity contribution in [2.45, 2.75) is 38.5 Å². The number of benzene rings is 1. The molecule has 0 spiro atoms. The summed E-state index contributed by atoms with van der Waals surface area (Å²) < 4.78 is 44.8. The quantitative estimate of drug-likeness (QED) is 0.628. The van der Waals surface area contributed by atoms with E-state index in [1.165, 1.54) is 6.07 Å². The molecule has 1 aromatic heterocycles. The summed E-state index contributed by atoms with van der Waals surface area (Å²) in [5, 5.41) is 7.37. The summed E-state index contributed by atoms with van der Waals surface area (Å²) >= 11 is 0. The van der Waals surface area contributed by atoms with Crippen molar-refractivity contribution >= 4 is 17.4 Å². The van der Waals surface area contributed by atoms with Crippen molar-refractivity contribution in [3.05, 3.63) is 47.2 Å². The number of hydrogen-bond acceptors (Lipinski definition) is 5. The van der Waals surface area contributed by atoms with Gasteiger partial charge in [0.25, 0.3) is 0 Å². The van der Waals surface area contributed by atoms with Crippen LogP contribution in [-0.4, -0.2) is 29.7 Å². The molecule has 0 saturated heterocycles. The number of urea groups is 1. The zero-order chi connectivity index (χ0) is 22.0. The molecule has 7 nitrogen and oxygen atoms in total. The lowest BCUT2D eigenvalue weighted by atomic mass is 9.86. The van der Waals surface area contributed by atoms with Crippen molar-refractivity contribution in [1.29, 1.82) is 0 Å². The van der Waals surface area contributed by atoms with E-state index in [9.17, 15) is 18.0 Å². The predicted molar refractivity (Wildman–Crippen MR) is 109 cm³/mol. The van der Waals surface area contributed by atoms with E-state index in [0.717, 1.165) is 36.6 Å². The number of rotatable bonds is 6. The molecule has 2 amide bonds. The Labute approximate surface area is 177 Å². The molecule has 1 aliphatic heterocycles. The molecule has 31 heavy (non-hydrogen) atoms. The van der Waals surface area contributed by atoms with Gasteiger partial charge in [0, 0.05) is 37.0 Å². The van der Waals surface area contributed by atoms with Crippen molar-refractivity contribution in [2.24, 2.45) is 5.92 Å². The smallest absolute Gasteiger partial charge is 0.433 e. The van der Waals surface area contributed by atoms with E-state index < -0.39 is 17.9 Å². The maximum Gasteiger partial charge on any atom is 0.433 e. The van der Waals surface area contributed by atoms with Crippen LogP contribution in [0.15, 0.2) is 30.3 Å². The molecule has 0 unspecified atom stereocenters. The highest BCUT2D eigenvalue weighted by atomic mass is 19.4. The zero-order valence-corrected chi connectivity index (χ0v) is 17.1. The lowest BCUT2D eigenvalue weighted by Gasteiger charge is -2.25. The minimum atomic E-state index is -4.56. The zero-order valence-electron chi connectivity index (χ0n) is 17.1. The number of carbonyl (C=O) groups is 1. The molecule has 1 saturated carbocycles. The second kappa shape index (κ2) is 8.62. The number of anilines is 2. The van der Waals surface area contributed by atoms with Gasteiger partial charge in [-0.05, 0) is 43.0 Å². The predicted octanol–water partition coefficient (Wildman–Crippen LogP) is 4.37. The van der Waals surface area contributed by atoms with Gasteiger partial charge in [-0.1, -0.05) is 12.5 Å². The number of pyridine rings is 1. The molecule has 10 heteroatoms. The second-order valence-electron chi connectivity index (χ2n) is 7.87. The number of nitrogens with one attached hydrogen (secondary N) is 3. The van der Waals surface area contributed by atoms with Crippen molar-refractivity contribution in [3.8, 4) is 5.88 Å². The average Bonchev–Trinajstić information content (AvgIpc) is 3.06. The summed E-state index contributed by atoms with van der Waals surface area (Å²) in [5.74, 6) is 0.251. The SMILES string of the molecule is CN1Cc2c(NC(=O)NCc3ccc(C(F)(F)F)nc3OCC3CCC3)cccc2N1. The Hall–Kier alpha value is -3.01. The van der Waals surface area contributed by atoms with Crippen LogP contribution in [0.4, 0.5) is 29.3 Å². The van der Waals surface area contributed by atoms with E-state index in [1.807, 2.05) is 24.2 Å². The first-order valence-corrected chi connectivity index (χ1v) is 10.1. The van der Waals surface area contributed by atoms with Crippen LogP contribution >= 0.6 is 0 Å². The van der Waals surface area contributed by atoms with Gasteiger partial charge in [0.1, 0.15) is 5.69 Å². The van der Waals surface area contributed by atoms with Crippen LogP contribution in [0.2, 0.25) is 0 Å². The summed E-state index contributed by atoms with van der Waals surface area (Å²) in [5.41, 5.74) is 5.09. The Morgan fingerprint density at radius 2 is 2.10 bits per heavy atom. The van der Waals surface area contributed by atoms with Crippen molar-refractivity contribution in [3.63, 3.8) is 0 Å². The highest BCUT2D eigenvalue weighted by Crippen LogP contribution is 2.32. The van der Waals surface area contributed by atoms with E-state index in [2.05, 4.69) is 21.0 Å². The van der Waals surface area contributed by atoms with Gasteiger partial charge in [-0.3, -0.25) is 0 Å². The second-order valence-corrected chi connectivity index (χ2v) is 7.87. The summed E-state index contributed by atoms with van der Waals surface area (Å²) in [4.78, 5) is 16.1. The van der Waals surface area contributed by atoms with Gasteiger partial charge in [0.2, 0.25) is 5.88 Å². The first kappa shape index (κ1) is 21.2. The van der Waals surface area contributed by atoms with Crippen LogP contribution in [0.3, 0.4) is 0 Å². The summed E-state index contributed by atoms with van der Waals surface area (Å²) in [7, 11) is 1.90. The number of nitrogens with zero attached hydrogens (tertiary/aromatic N) is 2. The highest BCUT2D eigenvalue weighted by molar-refractivity contribution is 5.91. The van der Waals surface area contributed by atoms with Crippen LogP contribution < -0.4 is 20.8 Å². The largest absolute Gasteiger partial charge is 0.477 e. The molecule has 1 aromatic carbocycles. The highest BCUT2D eigenvalue weighted by Gasteiger charge is 2.33. The lowest BCUT2D eigenvalue weighted by Crippen LogP contribution is -2.29. The van der Waals surface area contributed by atoms with Crippen molar-refractivity contribution in [2.75, 3.05) is 24.4 Å². The molecule has 1 fully saturated rings. The molecule has 2 heterocycles. The third-order valence-electron chi connectivity index (χ3n) is 5.48. The standard InChI is InChI=1S/C21H24F3N5O2/c1-29-11-15-16(6-3-7-17(15)28-29)26-20(30)25-10-14-8-9-18(21(22,23)24)27-19(14)31-12-13-4-2-5-13/h3,6-9,13,28H,2,4-5,10-12H2,1H3,(H2,25,26,30). The molecule has 2 aromatic rings. The Morgan fingerprint density at radius 3 is 2.81 bits per heavy atom. The lowest BCUT2D eigenvalue weighted by molar-refractivity contribution is -0.141. The maximum absolute atomic E-state index is 13.1. The van der Waals surface area contributed by atoms with E-state index in [1.54, 1.807) is 6.07 Å². The van der Waals surface area contributed by atoms with Gasteiger partial charge in [0.15, 0.2) is 0 Å². The number of aromatic nitrogens is 1. The molecule has 4 rings (SSSR count). The fraction of sp³-hybridized carbons (Fsp3) is 0.429. The van der Waals surface area contributed by atoms with Gasteiger partial charge in [0.05, 0.1) is 12.3 Å². The molecule has 3 N–H and O–H groups in total. The van der Waals surface area contributed by atoms with Crippen LogP contribution in [-0.2, 0) is 19.3 Å². The van der Waals surface area contributed by atoms with Crippen LogP contribution in [0.1, 0.15) is 36.1 Å². The Morgan fingerprint density at radius 1 is 1.29 bits per heavy atom. The van der Waals surface area contributed by atoms with E-state index in [4.69, 9.17) is 4.74 Å². The number of halogens is 3. The van der Waals surface area contributed by atoms with Crippen LogP contribution in [0.5, 0.6) is 5.88 Å². The summed E-state index contributed by atoms with van der Waals surface area (Å²) in [6.45, 7) is 0.947. The molecule has 1 aliphatic carbocycles. The maximum atomic E-state index is 13.1. The molecule has 2 aliphatic rings. The number of fused-ring (bicyclic) bond motifs is 1. The minimum absolute atomic E-state index is 0.00977. The number of hydrogen-bond donors (Lipinski definition) is 3. The fourth-order valence-electron chi connectivity index (χ4n) is 3.55. The Kier molecular flexibility index (Phi) is 5.90. The Balaban J connectivity index is 1.42. The molecule has 0 atom stereocenters. The average molecular weight is 435 g/mol. The fourth-order valence-corrected chi connectivity index (χ4v) is 3.55. The Bertz CT molecular complexity index is 963. The number of carbonyl (C=O) groups excluding carboxylic acids is 1. The topological polar surface area (TPSA) is 78.5 Å². The van der Waals surface area contributed by atoms with E-state index in [0.29, 0.717) is 30.3 Å². The molecule has 166 valence electrons. The van der Waals surface area contributed by atoms with Crippen LogP contribution in [0.25, 0.3) is 0 Å². The molecule has 0 bridgehead atoms. The third-order valence-corrected chi connectivity index (χ3v) is 5.48. The van der Waals surface area contributed by atoms with Gasteiger partial charge in [-0.2, -0.15) is 13.2 Å². The number of ether oxygens (including phenoxy) is 1. The van der Waals surface area contributed by atoms with Crippen molar-refractivity contribution in [1.82, 2.24) is 15.3 Å². The van der Waals surface area contributed by atoms with Gasteiger partial charge in [-0.15, -0.1) is 0 Å². The monoisotopic (exact) mass is 435 g/mol. The van der Waals surface area contributed by atoms with Gasteiger partial charge >= 0.3 is 12.2 Å². The van der Waals surface area contributed by atoms with Gasteiger partial charge < -0.3 is 20.8 Å². The molecular formula is C21H24F3N5O2. The minimum Gasteiger partial charge on any atom is -0.477 e. The first-order valence-electron chi connectivity index (χ1n) is 10.1. The first-order chi connectivity index (χ1) is 14.8. The molecule has 0 radical (unpaired) electrons. The number of alkyl halides is 3. The van der Waals surface area contributed by atoms with Crippen molar-refractivity contribution < 1.29 is 22.7 Å².